The fourth-order valence-electron chi connectivity index (χ4n) is 4.60. The highest BCUT2D eigenvalue weighted by molar-refractivity contribution is 7.46. The van der Waals surface area contributed by atoms with Gasteiger partial charge in [0.05, 0.1) is 6.61 Å². The minimum atomic E-state index is -4.80. The molecule has 0 heterocycles. The number of ether oxygens (including phenoxy) is 2. The average molecular weight is 759 g/mol. The fourth-order valence-corrected chi connectivity index (χ4v) is 4.97. The Morgan fingerprint density at radius 2 is 1.02 bits per heavy atom. The van der Waals surface area contributed by atoms with Crippen molar-refractivity contribution >= 4 is 25.5 Å². The van der Waals surface area contributed by atoms with E-state index in [1.54, 1.807) is 12.2 Å². The van der Waals surface area contributed by atoms with Crippen LogP contribution in [0.25, 0.3) is 0 Å². The third-order valence-corrected chi connectivity index (χ3v) is 8.04. The molecule has 0 radical (unpaired) electrons. The quantitative estimate of drug-likeness (QED) is 0.0164. The van der Waals surface area contributed by atoms with Crippen molar-refractivity contribution in [3.05, 3.63) is 97.2 Å². The molecule has 0 aromatic heterocycles. The zero-order chi connectivity index (χ0) is 39.1. The second kappa shape index (κ2) is 37.0. The molecule has 0 unspecified atom stereocenters. The predicted octanol–water partition coefficient (Wildman–Crippen LogP) is 11.0. The minimum Gasteiger partial charge on any atom is -0.462 e. The molecule has 0 aliphatic rings. The predicted molar refractivity (Wildman–Crippen MR) is 216 cm³/mol. The van der Waals surface area contributed by atoms with Crippen LogP contribution >= 0.6 is 7.82 Å². The fraction of sp³-hybridized carbons (Fsp3) is 0.558. The van der Waals surface area contributed by atoms with Crippen LogP contribution in [-0.4, -0.2) is 46.8 Å². The first-order valence-electron chi connectivity index (χ1n) is 19.5. The van der Waals surface area contributed by atoms with E-state index in [-0.39, 0.29) is 25.2 Å². The van der Waals surface area contributed by atoms with Crippen LogP contribution in [0.2, 0.25) is 0 Å². The van der Waals surface area contributed by atoms with E-state index in [1.807, 2.05) is 48.6 Å². The summed E-state index contributed by atoms with van der Waals surface area (Å²) in [5, 5.41) is 0. The molecule has 10 heteroatoms. The molecule has 298 valence electrons. The van der Waals surface area contributed by atoms with Crippen LogP contribution in [0.1, 0.15) is 136 Å². The maximum atomic E-state index is 12.4. The van der Waals surface area contributed by atoms with Crippen LogP contribution in [0.3, 0.4) is 0 Å². The smallest absolute Gasteiger partial charge is 0.462 e. The number of ketones is 1. The van der Waals surface area contributed by atoms with Crippen LogP contribution in [0.5, 0.6) is 0 Å². The Hall–Kier alpha value is -3.36. The van der Waals surface area contributed by atoms with Gasteiger partial charge in [-0.05, 0) is 83.1 Å². The summed E-state index contributed by atoms with van der Waals surface area (Å²) in [6, 6.07) is 0. The molecule has 0 fully saturated rings. The number of rotatable bonds is 34. The van der Waals surface area contributed by atoms with Crippen LogP contribution in [0, 0.1) is 0 Å². The first kappa shape index (κ1) is 49.6. The average Bonchev–Trinajstić information content (AvgIpc) is 3.12. The van der Waals surface area contributed by atoms with Crippen LogP contribution in [0.15, 0.2) is 97.2 Å². The molecule has 2 N–H and O–H groups in total. The third-order valence-electron chi connectivity index (χ3n) is 7.55. The normalized spacial score (nSPS) is 13.4. The van der Waals surface area contributed by atoms with Gasteiger partial charge in [0.2, 0.25) is 0 Å². The van der Waals surface area contributed by atoms with Crippen LogP contribution < -0.4 is 0 Å². The number of esters is 2. The SMILES string of the molecule is CCCCC/C=C\C/C=C\C/C=C\C/C=C\CCCC(=O)O[C@H](COC(=O)CCC/C=C\C/C=C\C/C=C\C=C\C(=O)CCCCC)COP(=O)(O)O. The molecular weight excluding hydrogens is 691 g/mol. The second-order valence-corrected chi connectivity index (χ2v) is 13.8. The maximum absolute atomic E-state index is 12.4. The lowest BCUT2D eigenvalue weighted by molar-refractivity contribution is -0.161. The minimum absolute atomic E-state index is 0.107. The molecule has 0 rings (SSSR count). The topological polar surface area (TPSA) is 136 Å². The Bertz CT molecular complexity index is 1230. The molecule has 0 spiro atoms. The number of carbonyl (C=O) groups is 3. The number of hydrogen-bond acceptors (Lipinski definition) is 7. The van der Waals surface area contributed by atoms with Crippen molar-refractivity contribution in [1.82, 2.24) is 0 Å². The van der Waals surface area contributed by atoms with E-state index in [9.17, 15) is 18.9 Å². The number of allylic oxidation sites excluding steroid dienone is 16. The highest BCUT2D eigenvalue weighted by atomic mass is 31.2. The molecule has 0 aliphatic heterocycles. The zero-order valence-corrected chi connectivity index (χ0v) is 33.3. The highest BCUT2D eigenvalue weighted by Crippen LogP contribution is 2.35. The van der Waals surface area contributed by atoms with Gasteiger partial charge in [0.25, 0.3) is 0 Å². The standard InChI is InChI=1S/C43H67O9P/c1-3-5-7-8-9-10-11-12-13-14-15-16-19-23-26-29-33-37-43(46)52-41(39-51-53(47,48)49)38-50-42(45)36-32-28-25-22-20-17-18-21-24-27-31-35-40(44)34-30-6-4-2/h9-10,12-13,15-18,22-27,31,35,41H,3-8,11,14,19-21,28-30,32-34,36-39H2,1-2H3,(H2,47,48,49)/b10-9-,13-12-,16-15-,18-17-,25-22-,26-23-,27-24-,35-31+/t41-/m1/s1. The van der Waals surface area contributed by atoms with Crippen molar-refractivity contribution in [3.8, 4) is 0 Å². The largest absolute Gasteiger partial charge is 0.469 e. The Morgan fingerprint density at radius 3 is 1.55 bits per heavy atom. The van der Waals surface area contributed by atoms with Crippen molar-refractivity contribution in [2.45, 2.75) is 142 Å². The van der Waals surface area contributed by atoms with Crippen molar-refractivity contribution in [1.29, 1.82) is 0 Å². The van der Waals surface area contributed by atoms with Gasteiger partial charge < -0.3 is 19.3 Å². The summed E-state index contributed by atoms with van der Waals surface area (Å²) in [5.74, 6) is -0.900. The monoisotopic (exact) mass is 758 g/mol. The summed E-state index contributed by atoms with van der Waals surface area (Å²) in [6.45, 7) is 3.37. The van der Waals surface area contributed by atoms with Gasteiger partial charge in [-0.2, -0.15) is 0 Å². The van der Waals surface area contributed by atoms with E-state index in [1.165, 1.54) is 19.3 Å². The van der Waals surface area contributed by atoms with Gasteiger partial charge in [-0.3, -0.25) is 18.9 Å². The highest BCUT2D eigenvalue weighted by Gasteiger charge is 2.22. The Kier molecular flexibility index (Phi) is 34.6. The van der Waals surface area contributed by atoms with Gasteiger partial charge in [0, 0.05) is 19.3 Å². The van der Waals surface area contributed by atoms with Gasteiger partial charge in [0.15, 0.2) is 11.9 Å². The summed E-state index contributed by atoms with van der Waals surface area (Å²) in [6.07, 6.45) is 46.9. The molecule has 0 aliphatic carbocycles. The molecular formula is C43H67O9P. The van der Waals surface area contributed by atoms with Gasteiger partial charge in [-0.1, -0.05) is 131 Å². The molecule has 0 amide bonds. The maximum Gasteiger partial charge on any atom is 0.469 e. The molecule has 0 saturated heterocycles. The molecule has 0 aromatic carbocycles. The third kappa shape index (κ3) is 39.7. The van der Waals surface area contributed by atoms with E-state index in [2.05, 4.69) is 54.8 Å². The van der Waals surface area contributed by atoms with E-state index < -0.39 is 32.5 Å². The molecule has 53 heavy (non-hydrogen) atoms. The lowest BCUT2D eigenvalue weighted by Gasteiger charge is -2.18. The lowest BCUT2D eigenvalue weighted by Crippen LogP contribution is -2.29. The molecule has 0 bridgehead atoms. The molecule has 9 nitrogen and oxygen atoms in total. The summed E-state index contributed by atoms with van der Waals surface area (Å²) in [5.41, 5.74) is 0. The van der Waals surface area contributed by atoms with E-state index in [0.717, 1.165) is 57.8 Å². The van der Waals surface area contributed by atoms with Crippen LogP contribution in [-0.2, 0) is 32.9 Å². The summed E-state index contributed by atoms with van der Waals surface area (Å²) >= 11 is 0. The van der Waals surface area contributed by atoms with E-state index in [0.29, 0.717) is 32.1 Å². The number of phosphoric acid groups is 1. The molecule has 0 saturated carbocycles. The van der Waals surface area contributed by atoms with Crippen LogP contribution in [0.4, 0.5) is 0 Å². The summed E-state index contributed by atoms with van der Waals surface area (Å²) in [7, 11) is -4.80. The van der Waals surface area contributed by atoms with Crippen molar-refractivity contribution in [2.75, 3.05) is 13.2 Å². The van der Waals surface area contributed by atoms with Crippen molar-refractivity contribution in [2.24, 2.45) is 0 Å². The Morgan fingerprint density at radius 1 is 0.547 bits per heavy atom. The van der Waals surface area contributed by atoms with Crippen molar-refractivity contribution < 1.29 is 42.7 Å². The number of hydrogen-bond donors (Lipinski definition) is 2. The summed E-state index contributed by atoms with van der Waals surface area (Å²) in [4.78, 5) is 54.4. The first-order valence-corrected chi connectivity index (χ1v) is 21.0. The van der Waals surface area contributed by atoms with Gasteiger partial charge in [-0.15, -0.1) is 0 Å². The Balaban J connectivity index is 4.22. The first-order chi connectivity index (χ1) is 25.7. The van der Waals surface area contributed by atoms with Gasteiger partial charge in [-0.25, -0.2) is 4.57 Å². The molecule has 1 atom stereocenters. The number of unbranched alkanes of at least 4 members (excludes halogenated alkanes) is 7. The summed E-state index contributed by atoms with van der Waals surface area (Å²) < 4.78 is 26.2. The number of phosphoric ester groups is 1. The number of carbonyl (C=O) groups excluding carboxylic acids is 3. The van der Waals surface area contributed by atoms with Gasteiger partial charge in [0.1, 0.15) is 6.61 Å². The van der Waals surface area contributed by atoms with E-state index >= 15 is 0 Å². The molecule has 0 aromatic rings. The Labute approximate surface area is 320 Å². The van der Waals surface area contributed by atoms with Gasteiger partial charge >= 0.3 is 19.8 Å². The van der Waals surface area contributed by atoms with Crippen molar-refractivity contribution in [3.63, 3.8) is 0 Å². The second-order valence-electron chi connectivity index (χ2n) is 12.6. The zero-order valence-electron chi connectivity index (χ0n) is 32.4. The lowest BCUT2D eigenvalue weighted by atomic mass is 10.1. The van der Waals surface area contributed by atoms with E-state index in [4.69, 9.17) is 19.3 Å².